The Kier molecular flexibility index (Phi) is 6.58. The fourth-order valence-electron chi connectivity index (χ4n) is 3.52. The van der Waals surface area contributed by atoms with Crippen LogP contribution in [0, 0.1) is 0 Å². The van der Waals surface area contributed by atoms with E-state index < -0.39 is 0 Å². The average molecular weight is 389 g/mol. The number of amides is 1. The van der Waals surface area contributed by atoms with Crippen LogP contribution in [0.15, 0.2) is 48.5 Å². The predicted octanol–water partition coefficient (Wildman–Crippen LogP) is 1.71. The van der Waals surface area contributed by atoms with Crippen molar-refractivity contribution in [1.29, 1.82) is 0 Å². The van der Waals surface area contributed by atoms with Gasteiger partial charge in [-0.25, -0.2) is 0 Å². The molecule has 3 rings (SSSR count). The Balaban J connectivity index is 1.51. The van der Waals surface area contributed by atoms with E-state index in [9.17, 15) is 4.79 Å². The van der Waals surface area contributed by atoms with E-state index in [-0.39, 0.29) is 5.91 Å². The molecule has 1 amide bonds. The van der Waals surface area contributed by atoms with Crippen molar-refractivity contribution in [3.8, 4) is 5.75 Å². The number of nitrogens with zero attached hydrogens (tertiary/aromatic N) is 2. The molecule has 6 heteroatoms. The second-order valence-electron chi connectivity index (χ2n) is 6.98. The maximum Gasteiger partial charge on any atom is 0.277 e. The highest BCUT2D eigenvalue weighted by Crippen LogP contribution is 2.28. The summed E-state index contributed by atoms with van der Waals surface area (Å²) < 4.78 is 5.46. The molecule has 0 aromatic heterocycles. The van der Waals surface area contributed by atoms with Crippen LogP contribution in [0.2, 0.25) is 5.02 Å². The average Bonchev–Trinajstić information content (AvgIpc) is 2.68. The molecule has 1 heterocycles. The molecule has 0 saturated carbocycles. The van der Waals surface area contributed by atoms with E-state index in [1.807, 2.05) is 54.4 Å². The van der Waals surface area contributed by atoms with Crippen LogP contribution in [0.1, 0.15) is 5.56 Å². The van der Waals surface area contributed by atoms with Gasteiger partial charge in [-0.05, 0) is 24.3 Å². The van der Waals surface area contributed by atoms with Gasteiger partial charge in [0.25, 0.3) is 5.91 Å². The number of carbonyl (C=O) groups excluding carboxylic acids is 1. The van der Waals surface area contributed by atoms with Crippen LogP contribution >= 0.6 is 11.6 Å². The molecule has 0 aliphatic carbocycles. The zero-order valence-corrected chi connectivity index (χ0v) is 16.7. The molecule has 27 heavy (non-hydrogen) atoms. The summed E-state index contributed by atoms with van der Waals surface area (Å²) in [7, 11) is 3.74. The Bertz CT molecular complexity index is 776. The molecule has 1 aliphatic rings. The Morgan fingerprint density at radius 1 is 1.11 bits per heavy atom. The summed E-state index contributed by atoms with van der Waals surface area (Å²) in [4.78, 5) is 18.1. The summed E-state index contributed by atoms with van der Waals surface area (Å²) in [6.45, 7) is 4.39. The first-order chi connectivity index (χ1) is 13.1. The van der Waals surface area contributed by atoms with Crippen molar-refractivity contribution in [2.45, 2.75) is 6.54 Å². The predicted molar refractivity (Wildman–Crippen MR) is 109 cm³/mol. The van der Waals surface area contributed by atoms with Crippen LogP contribution in [0.5, 0.6) is 5.75 Å². The third kappa shape index (κ3) is 5.15. The van der Waals surface area contributed by atoms with E-state index in [2.05, 4.69) is 11.0 Å². The second kappa shape index (κ2) is 9.11. The number of ether oxygens (including phenoxy) is 1. The largest absolute Gasteiger partial charge is 0.495 e. The molecule has 5 nitrogen and oxygen atoms in total. The van der Waals surface area contributed by atoms with E-state index in [0.717, 1.165) is 59.6 Å². The van der Waals surface area contributed by atoms with Crippen molar-refractivity contribution in [3.05, 3.63) is 59.1 Å². The maximum absolute atomic E-state index is 12.7. The van der Waals surface area contributed by atoms with Gasteiger partial charge in [0, 0.05) is 36.8 Å². The molecule has 0 radical (unpaired) electrons. The number of nitrogens with one attached hydrogen (secondary N) is 1. The SMILES string of the molecule is COc1ccccc1N1CCN(C(=O)C[NH+](C)Cc2cccc(Cl)c2)CC1. The number of hydrogen-bond donors (Lipinski definition) is 1. The van der Waals surface area contributed by atoms with E-state index in [4.69, 9.17) is 16.3 Å². The highest BCUT2D eigenvalue weighted by atomic mass is 35.5. The Morgan fingerprint density at radius 3 is 2.56 bits per heavy atom. The monoisotopic (exact) mass is 388 g/mol. The van der Waals surface area contributed by atoms with Gasteiger partial charge in [0.2, 0.25) is 0 Å². The van der Waals surface area contributed by atoms with Crippen molar-refractivity contribution in [1.82, 2.24) is 4.90 Å². The Labute approximate surface area is 166 Å². The number of anilines is 1. The lowest BCUT2D eigenvalue weighted by Gasteiger charge is -2.36. The van der Waals surface area contributed by atoms with Crippen LogP contribution in [0.4, 0.5) is 5.69 Å². The molecule has 0 bridgehead atoms. The molecule has 1 unspecified atom stereocenters. The van der Waals surface area contributed by atoms with Gasteiger partial charge < -0.3 is 19.4 Å². The van der Waals surface area contributed by atoms with Crippen LogP contribution in [-0.4, -0.2) is 57.7 Å². The molecule has 1 aliphatic heterocycles. The highest BCUT2D eigenvalue weighted by molar-refractivity contribution is 6.30. The number of hydrogen-bond acceptors (Lipinski definition) is 3. The number of carbonyl (C=O) groups is 1. The first kappa shape index (κ1) is 19.5. The Hall–Kier alpha value is -2.24. The summed E-state index contributed by atoms with van der Waals surface area (Å²) in [5, 5.41) is 0.735. The lowest BCUT2D eigenvalue weighted by molar-refractivity contribution is -0.885. The minimum atomic E-state index is 0.203. The summed E-state index contributed by atoms with van der Waals surface area (Å²) in [5.41, 5.74) is 2.24. The topological polar surface area (TPSA) is 37.2 Å². The molecule has 144 valence electrons. The van der Waals surface area contributed by atoms with Crippen molar-refractivity contribution in [2.75, 3.05) is 51.8 Å². The number of benzene rings is 2. The minimum Gasteiger partial charge on any atom is -0.495 e. The second-order valence-corrected chi connectivity index (χ2v) is 7.42. The number of piperazine rings is 1. The number of likely N-dealkylation sites (N-methyl/N-ethyl adjacent to an activating group) is 1. The number of para-hydroxylation sites is 2. The van der Waals surface area contributed by atoms with Crippen molar-refractivity contribution >= 4 is 23.2 Å². The third-order valence-electron chi connectivity index (χ3n) is 4.91. The van der Waals surface area contributed by atoms with Gasteiger partial charge in [-0.15, -0.1) is 0 Å². The lowest BCUT2D eigenvalue weighted by atomic mass is 10.2. The van der Waals surface area contributed by atoms with Crippen LogP contribution < -0.4 is 14.5 Å². The molecular formula is C21H27ClN3O2+. The standard InChI is InChI=1S/C21H26ClN3O2/c1-23(15-17-6-5-7-18(22)14-17)16-21(26)25-12-10-24(11-13-25)19-8-3-4-9-20(19)27-2/h3-9,14H,10-13,15-16H2,1-2H3/p+1. The molecule has 1 fully saturated rings. The fourth-order valence-corrected chi connectivity index (χ4v) is 3.73. The smallest absolute Gasteiger partial charge is 0.277 e. The van der Waals surface area contributed by atoms with Gasteiger partial charge in [0.05, 0.1) is 19.8 Å². The maximum atomic E-state index is 12.7. The molecule has 2 aromatic rings. The normalized spacial score (nSPS) is 15.5. The summed E-state index contributed by atoms with van der Waals surface area (Å²) in [5.74, 6) is 1.08. The lowest BCUT2D eigenvalue weighted by Crippen LogP contribution is -3.09. The van der Waals surface area contributed by atoms with Gasteiger partial charge in [0.15, 0.2) is 6.54 Å². The third-order valence-corrected chi connectivity index (χ3v) is 5.14. The van der Waals surface area contributed by atoms with Gasteiger partial charge >= 0.3 is 0 Å². The molecule has 1 N–H and O–H groups in total. The molecule has 1 saturated heterocycles. The number of rotatable bonds is 6. The van der Waals surface area contributed by atoms with Crippen molar-refractivity contribution < 1.29 is 14.4 Å². The highest BCUT2D eigenvalue weighted by Gasteiger charge is 2.24. The molecule has 2 aromatic carbocycles. The first-order valence-corrected chi connectivity index (χ1v) is 9.66. The quantitative estimate of drug-likeness (QED) is 0.818. The van der Waals surface area contributed by atoms with Gasteiger partial charge in [-0.2, -0.15) is 0 Å². The van der Waals surface area contributed by atoms with E-state index in [0.29, 0.717) is 6.54 Å². The minimum absolute atomic E-state index is 0.203. The van der Waals surface area contributed by atoms with E-state index in [1.165, 1.54) is 0 Å². The van der Waals surface area contributed by atoms with E-state index >= 15 is 0 Å². The van der Waals surface area contributed by atoms with Gasteiger partial charge in [-0.3, -0.25) is 4.79 Å². The first-order valence-electron chi connectivity index (χ1n) is 9.28. The molecule has 0 spiro atoms. The number of halogens is 1. The van der Waals surface area contributed by atoms with Crippen LogP contribution in [0.3, 0.4) is 0 Å². The van der Waals surface area contributed by atoms with Crippen LogP contribution in [-0.2, 0) is 11.3 Å². The summed E-state index contributed by atoms with van der Waals surface area (Å²) >= 11 is 6.04. The number of methoxy groups -OCH3 is 1. The van der Waals surface area contributed by atoms with Crippen LogP contribution in [0.25, 0.3) is 0 Å². The summed E-state index contributed by atoms with van der Waals surface area (Å²) in [6.07, 6.45) is 0. The van der Waals surface area contributed by atoms with Crippen molar-refractivity contribution in [3.63, 3.8) is 0 Å². The summed E-state index contributed by atoms with van der Waals surface area (Å²) in [6, 6.07) is 15.9. The van der Waals surface area contributed by atoms with Gasteiger partial charge in [0.1, 0.15) is 12.3 Å². The van der Waals surface area contributed by atoms with E-state index in [1.54, 1.807) is 7.11 Å². The molecule has 1 atom stereocenters. The van der Waals surface area contributed by atoms with Gasteiger partial charge in [-0.1, -0.05) is 35.9 Å². The Morgan fingerprint density at radius 2 is 1.85 bits per heavy atom. The zero-order valence-electron chi connectivity index (χ0n) is 16.0. The fraction of sp³-hybridized carbons (Fsp3) is 0.381. The van der Waals surface area contributed by atoms with Crippen molar-refractivity contribution in [2.24, 2.45) is 0 Å². The zero-order chi connectivity index (χ0) is 19.2. The number of quaternary nitrogens is 1. The molecular weight excluding hydrogens is 362 g/mol.